The maximum Gasteiger partial charge on any atom is 0.316 e. The highest BCUT2D eigenvalue weighted by Gasteiger charge is 1.81. The minimum atomic E-state index is -0.526. The van der Waals surface area contributed by atoms with Crippen LogP contribution in [0.5, 0.6) is 0 Å². The fourth-order valence-electron chi connectivity index (χ4n) is 0.0947. The van der Waals surface area contributed by atoms with E-state index in [1.807, 2.05) is 0 Å². The number of ether oxygens (including phenoxy) is 1. The second-order valence-corrected chi connectivity index (χ2v) is 0.808. The van der Waals surface area contributed by atoms with Gasteiger partial charge in [0.1, 0.15) is 0 Å². The summed E-state index contributed by atoms with van der Waals surface area (Å²) >= 11 is 0. The van der Waals surface area contributed by atoms with E-state index < -0.39 is 5.97 Å². The van der Waals surface area contributed by atoms with Crippen LogP contribution in [0.1, 0.15) is 6.92 Å². The van der Waals surface area contributed by atoms with Crippen LogP contribution in [0, 0.1) is 12.2 Å². The van der Waals surface area contributed by atoms with Gasteiger partial charge in [-0.15, -0.1) is 0 Å². The lowest BCUT2D eigenvalue weighted by Gasteiger charge is -1.78. The molecular formula is C4H4O3. The highest BCUT2D eigenvalue weighted by molar-refractivity contribution is 5.67. The molecule has 3 nitrogen and oxygen atoms in total. The van der Waals surface area contributed by atoms with E-state index in [9.17, 15) is 4.79 Å². The highest BCUT2D eigenvalue weighted by atomic mass is 16.5. The van der Waals surface area contributed by atoms with Crippen LogP contribution >= 0.6 is 0 Å². The van der Waals surface area contributed by atoms with Gasteiger partial charge in [-0.2, -0.15) is 0 Å². The van der Waals surface area contributed by atoms with Gasteiger partial charge in [0.15, 0.2) is 12.2 Å². The number of carbonyl (C=O) groups is 1. The number of esters is 1. The molecule has 0 heterocycles. The molecule has 0 aliphatic carbocycles. The van der Waals surface area contributed by atoms with Crippen molar-refractivity contribution in [1.82, 2.24) is 0 Å². The van der Waals surface area contributed by atoms with E-state index in [2.05, 4.69) is 4.74 Å². The smallest absolute Gasteiger partial charge is 0.316 e. The van der Waals surface area contributed by atoms with Crippen LogP contribution in [0.3, 0.4) is 0 Å². The van der Waals surface area contributed by atoms with Gasteiger partial charge in [0.25, 0.3) is 0 Å². The van der Waals surface area contributed by atoms with Crippen molar-refractivity contribution in [1.29, 1.82) is 0 Å². The summed E-state index contributed by atoms with van der Waals surface area (Å²) in [5, 5.41) is 7.68. The average Bonchev–Trinajstić information content (AvgIpc) is 1.61. The normalized spacial score (nSPS) is 5.86. The van der Waals surface area contributed by atoms with E-state index in [0.717, 1.165) is 0 Å². The molecule has 0 atom stereocenters. The third kappa shape index (κ3) is 4.83. The molecule has 0 fully saturated rings. The molecule has 7 heavy (non-hydrogen) atoms. The van der Waals surface area contributed by atoms with Gasteiger partial charge in [-0.05, 0) is 0 Å². The minimum Gasteiger partial charge on any atom is -0.460 e. The summed E-state index contributed by atoms with van der Waals surface area (Å²) < 4.78 is 3.94. The third-order valence-corrected chi connectivity index (χ3v) is 0.240. The van der Waals surface area contributed by atoms with Crippen molar-refractivity contribution in [2.45, 2.75) is 6.92 Å². The Morgan fingerprint density at radius 1 is 1.86 bits per heavy atom. The Hall–Kier alpha value is -1.17. The fourth-order valence-corrected chi connectivity index (χ4v) is 0.0947. The molecule has 0 amide bonds. The first-order chi connectivity index (χ1) is 3.27. The summed E-state index contributed by atoms with van der Waals surface area (Å²) in [6, 6.07) is 0. The summed E-state index contributed by atoms with van der Waals surface area (Å²) in [7, 11) is 0. The van der Waals surface area contributed by atoms with Crippen molar-refractivity contribution in [3.8, 4) is 12.2 Å². The largest absolute Gasteiger partial charge is 0.460 e. The Bertz CT molecular complexity index is 117. The summed E-state index contributed by atoms with van der Waals surface area (Å²) in [4.78, 5) is 9.77. The summed E-state index contributed by atoms with van der Waals surface area (Å²) in [6.45, 7) is 1.20. The Morgan fingerprint density at radius 3 is 2.57 bits per heavy atom. The lowest BCUT2D eigenvalue weighted by atomic mass is 10.8. The quantitative estimate of drug-likeness (QED) is 0.340. The van der Waals surface area contributed by atoms with Crippen molar-refractivity contribution in [3.63, 3.8) is 0 Å². The van der Waals surface area contributed by atoms with Crippen molar-refractivity contribution < 1.29 is 14.6 Å². The summed E-state index contributed by atoms with van der Waals surface area (Å²) in [5.74, 6) is -0.526. The molecule has 38 valence electrons. The zero-order valence-electron chi connectivity index (χ0n) is 3.76. The lowest BCUT2D eigenvalue weighted by molar-refractivity contribution is -0.134. The molecule has 0 unspecified atom stereocenters. The minimum absolute atomic E-state index is 0.526. The molecule has 0 aliphatic rings. The number of aliphatic hydroxyl groups is 1. The van der Waals surface area contributed by atoms with E-state index >= 15 is 0 Å². The predicted molar refractivity (Wildman–Crippen MR) is 21.5 cm³/mol. The molecule has 0 aliphatic heterocycles. The Labute approximate surface area is 40.9 Å². The third-order valence-electron chi connectivity index (χ3n) is 0.240. The predicted octanol–water partition coefficient (Wildman–Crippen LogP) is -0.160. The van der Waals surface area contributed by atoms with Gasteiger partial charge >= 0.3 is 5.97 Å². The van der Waals surface area contributed by atoms with Crippen LogP contribution in [0.15, 0.2) is 0 Å². The first kappa shape index (κ1) is 5.83. The Balaban J connectivity index is 3.26. The average molecular weight is 100 g/mol. The van der Waals surface area contributed by atoms with Crippen molar-refractivity contribution in [3.05, 3.63) is 0 Å². The zero-order valence-corrected chi connectivity index (χ0v) is 3.76. The van der Waals surface area contributed by atoms with E-state index in [1.54, 1.807) is 6.11 Å². The second kappa shape index (κ2) is 3.04. The monoisotopic (exact) mass is 100 g/mol. The number of carbonyl (C=O) groups excluding carboxylic acids is 1. The van der Waals surface area contributed by atoms with Crippen molar-refractivity contribution in [2.75, 3.05) is 0 Å². The molecule has 0 saturated heterocycles. The van der Waals surface area contributed by atoms with Gasteiger partial charge in [-0.3, -0.25) is 4.79 Å². The topological polar surface area (TPSA) is 46.5 Å². The van der Waals surface area contributed by atoms with Gasteiger partial charge in [0.05, 0.1) is 0 Å². The molecule has 1 N–H and O–H groups in total. The van der Waals surface area contributed by atoms with Gasteiger partial charge in [0, 0.05) is 6.92 Å². The number of hydrogen-bond acceptors (Lipinski definition) is 3. The van der Waals surface area contributed by atoms with E-state index in [0.29, 0.717) is 0 Å². The Morgan fingerprint density at radius 2 is 2.43 bits per heavy atom. The summed E-state index contributed by atoms with van der Waals surface area (Å²) in [6.07, 6.45) is 3.11. The van der Waals surface area contributed by atoms with Crippen LogP contribution in [-0.2, 0) is 9.53 Å². The molecule has 0 spiro atoms. The van der Waals surface area contributed by atoms with Gasteiger partial charge in [-0.25, -0.2) is 0 Å². The van der Waals surface area contributed by atoms with E-state index in [4.69, 9.17) is 5.11 Å². The molecule has 3 heteroatoms. The highest BCUT2D eigenvalue weighted by Crippen LogP contribution is 1.66. The molecule has 0 aromatic rings. The van der Waals surface area contributed by atoms with Crippen LogP contribution in [-0.4, -0.2) is 11.1 Å². The number of hydrogen-bond donors (Lipinski definition) is 1. The van der Waals surface area contributed by atoms with Gasteiger partial charge in [0.2, 0.25) is 0 Å². The SMILES string of the molecule is CC(=O)OC#CO. The Kier molecular flexibility index (Phi) is 2.53. The molecular weight excluding hydrogens is 96.0 g/mol. The van der Waals surface area contributed by atoms with Crippen LogP contribution in [0.25, 0.3) is 0 Å². The van der Waals surface area contributed by atoms with E-state index in [1.165, 1.54) is 13.0 Å². The standard InChI is InChI=1S/C4H4O3/c1-4(6)7-3-2-5/h5H,1H3. The maximum atomic E-state index is 9.77. The second-order valence-electron chi connectivity index (χ2n) is 0.808. The van der Waals surface area contributed by atoms with Gasteiger partial charge in [-0.1, -0.05) is 0 Å². The summed E-state index contributed by atoms with van der Waals surface area (Å²) in [5.41, 5.74) is 0. The van der Waals surface area contributed by atoms with Crippen molar-refractivity contribution in [2.24, 2.45) is 0 Å². The first-order valence-corrected chi connectivity index (χ1v) is 1.59. The van der Waals surface area contributed by atoms with Crippen LogP contribution in [0.4, 0.5) is 0 Å². The molecule has 0 aromatic heterocycles. The maximum absolute atomic E-state index is 9.77. The van der Waals surface area contributed by atoms with Gasteiger partial charge < -0.3 is 9.84 Å². The first-order valence-electron chi connectivity index (χ1n) is 1.59. The van der Waals surface area contributed by atoms with E-state index in [-0.39, 0.29) is 0 Å². The van der Waals surface area contributed by atoms with Crippen molar-refractivity contribution >= 4 is 5.97 Å². The number of rotatable bonds is 0. The zero-order chi connectivity index (χ0) is 5.70. The van der Waals surface area contributed by atoms with Crippen LogP contribution in [0.2, 0.25) is 0 Å². The van der Waals surface area contributed by atoms with Crippen LogP contribution < -0.4 is 0 Å². The molecule has 0 bridgehead atoms. The molecule has 0 aromatic carbocycles. The molecule has 0 rings (SSSR count). The number of aliphatic hydroxyl groups excluding tert-OH is 1. The molecule has 0 radical (unpaired) electrons. The molecule has 0 saturated carbocycles. The lowest BCUT2D eigenvalue weighted by Crippen LogP contribution is -1.89. The fraction of sp³-hybridized carbons (Fsp3) is 0.250.